The van der Waals surface area contributed by atoms with Gasteiger partial charge < -0.3 is 32.4 Å². The molecule has 1 heterocycles. The van der Waals surface area contributed by atoms with Gasteiger partial charge >= 0.3 is 0 Å². The molecule has 11 heteroatoms. The highest BCUT2D eigenvalue weighted by atomic mass is 16.2. The molecule has 11 nitrogen and oxygen atoms in total. The van der Waals surface area contributed by atoms with E-state index in [0.717, 1.165) is 27.6 Å². The highest BCUT2D eigenvalue weighted by molar-refractivity contribution is 5.94. The molecule has 8 N–H and O–H groups in total. The summed E-state index contributed by atoms with van der Waals surface area (Å²) in [5.74, 6) is -2.04. The third-order valence-electron chi connectivity index (χ3n) is 7.60. The van der Waals surface area contributed by atoms with Crippen LogP contribution in [-0.4, -0.2) is 58.3 Å². The number of benzene rings is 3. The zero-order valence-electron chi connectivity index (χ0n) is 25.2. The van der Waals surface area contributed by atoms with Crippen LogP contribution in [0.15, 0.2) is 85.3 Å². The van der Waals surface area contributed by atoms with Crippen LogP contribution in [0.1, 0.15) is 42.5 Å². The molecule has 0 spiro atoms. The van der Waals surface area contributed by atoms with Gasteiger partial charge in [0.05, 0.1) is 6.33 Å². The molecule has 0 saturated carbocycles. The Hall–Kier alpha value is -5.03. The molecule has 236 valence electrons. The Morgan fingerprint density at radius 2 is 1.42 bits per heavy atom. The number of aromatic amines is 1. The number of aromatic nitrogens is 2. The van der Waals surface area contributed by atoms with Crippen LogP contribution in [0.2, 0.25) is 0 Å². The largest absolute Gasteiger partial charge is 0.368 e. The molecule has 4 amide bonds. The minimum atomic E-state index is -1.03. The molecule has 45 heavy (non-hydrogen) atoms. The van der Waals surface area contributed by atoms with Crippen LogP contribution in [0.25, 0.3) is 10.8 Å². The third kappa shape index (κ3) is 10.3. The Morgan fingerprint density at radius 3 is 2.11 bits per heavy atom. The van der Waals surface area contributed by atoms with Crippen molar-refractivity contribution in [1.82, 2.24) is 25.9 Å². The number of amides is 4. The minimum absolute atomic E-state index is 0.140. The molecule has 4 aromatic rings. The van der Waals surface area contributed by atoms with E-state index < -0.39 is 35.8 Å². The number of unbranched alkanes of at least 4 members (excludes halogenated alkanes) is 1. The van der Waals surface area contributed by atoms with Gasteiger partial charge in [0, 0.05) is 31.2 Å². The summed E-state index contributed by atoms with van der Waals surface area (Å²) in [6.45, 7) is 0.457. The second kappa shape index (κ2) is 16.7. The van der Waals surface area contributed by atoms with Crippen molar-refractivity contribution >= 4 is 34.4 Å². The normalized spacial score (nSPS) is 13.0. The molecule has 1 aromatic heterocycles. The number of nitrogens with one attached hydrogen (secondary N) is 4. The second-order valence-electron chi connectivity index (χ2n) is 11.1. The Balaban J connectivity index is 1.54. The van der Waals surface area contributed by atoms with Crippen molar-refractivity contribution in [2.45, 2.75) is 63.1 Å². The molecule has 0 fully saturated rings. The predicted molar refractivity (Wildman–Crippen MR) is 173 cm³/mol. The molecule has 0 bridgehead atoms. The SMILES string of the molecule is NCCCC[C@H](NC(=O)[C@@H](Cc1ccccc1)NC(=O)[C@@H](Cc1ccc2ccccc2c1)NC(=O)CCc1cnc[nH]1)C(N)=O. The molecular formula is C34H41N7O4. The predicted octanol–water partition coefficient (Wildman–Crippen LogP) is 2.05. The average molecular weight is 612 g/mol. The lowest BCUT2D eigenvalue weighted by Gasteiger charge is -2.25. The second-order valence-corrected chi connectivity index (χ2v) is 11.1. The standard InChI is InChI=1S/C34H41N7O4/c35-17-7-6-12-28(32(36)43)40-34(45)30(19-23-8-2-1-3-9-23)41-33(44)29(39-31(42)16-15-27-21-37-22-38-27)20-24-13-14-25-10-4-5-11-26(25)18-24/h1-5,8-11,13-14,18,21-22,28-30H,6-7,12,15-17,19-20,35H2,(H2,36,43)(H,37,38)(H,39,42)(H,40,45)(H,41,44)/t28-,29+,30+/m0/s1. The van der Waals surface area contributed by atoms with Crippen molar-refractivity contribution in [1.29, 1.82) is 0 Å². The third-order valence-corrected chi connectivity index (χ3v) is 7.60. The summed E-state index contributed by atoms with van der Waals surface area (Å²) in [5, 5.41) is 10.5. The van der Waals surface area contributed by atoms with E-state index in [4.69, 9.17) is 11.5 Å². The maximum atomic E-state index is 13.9. The summed E-state index contributed by atoms with van der Waals surface area (Å²) in [6, 6.07) is 20.1. The van der Waals surface area contributed by atoms with E-state index in [9.17, 15) is 19.2 Å². The number of hydrogen-bond donors (Lipinski definition) is 6. The van der Waals surface area contributed by atoms with Crippen molar-refractivity contribution < 1.29 is 19.2 Å². The topological polar surface area (TPSA) is 185 Å². The van der Waals surface area contributed by atoms with E-state index in [1.54, 1.807) is 12.5 Å². The molecule has 4 rings (SSSR count). The summed E-state index contributed by atoms with van der Waals surface area (Å²) in [4.78, 5) is 59.6. The van der Waals surface area contributed by atoms with E-state index in [1.807, 2.05) is 72.8 Å². The van der Waals surface area contributed by atoms with Crippen molar-refractivity contribution in [3.63, 3.8) is 0 Å². The Morgan fingerprint density at radius 1 is 0.756 bits per heavy atom. The van der Waals surface area contributed by atoms with Gasteiger partial charge in [-0.1, -0.05) is 72.8 Å². The molecule has 0 unspecified atom stereocenters. The van der Waals surface area contributed by atoms with Crippen LogP contribution in [0.4, 0.5) is 0 Å². The van der Waals surface area contributed by atoms with E-state index in [1.165, 1.54) is 0 Å². The maximum Gasteiger partial charge on any atom is 0.243 e. The zero-order valence-corrected chi connectivity index (χ0v) is 25.2. The molecule has 3 atom stereocenters. The first-order valence-electron chi connectivity index (χ1n) is 15.2. The molecule has 0 aliphatic carbocycles. The van der Waals surface area contributed by atoms with Crippen molar-refractivity contribution in [3.05, 3.63) is 102 Å². The van der Waals surface area contributed by atoms with Crippen molar-refractivity contribution in [3.8, 4) is 0 Å². The van der Waals surface area contributed by atoms with Crippen LogP contribution in [0, 0.1) is 0 Å². The summed E-state index contributed by atoms with van der Waals surface area (Å²) >= 11 is 0. The molecular weight excluding hydrogens is 570 g/mol. The van der Waals surface area contributed by atoms with Gasteiger partial charge in [0.15, 0.2) is 0 Å². The number of nitrogens with two attached hydrogens (primary N) is 2. The van der Waals surface area contributed by atoms with Gasteiger partial charge in [-0.25, -0.2) is 4.98 Å². The lowest BCUT2D eigenvalue weighted by Crippen LogP contribution is -2.57. The van der Waals surface area contributed by atoms with Gasteiger partial charge in [-0.05, 0) is 54.1 Å². The van der Waals surface area contributed by atoms with Gasteiger partial charge in [0.1, 0.15) is 18.1 Å². The van der Waals surface area contributed by atoms with E-state index in [0.29, 0.717) is 32.2 Å². The van der Waals surface area contributed by atoms with Crippen LogP contribution in [0.5, 0.6) is 0 Å². The minimum Gasteiger partial charge on any atom is -0.368 e. The highest BCUT2D eigenvalue weighted by Crippen LogP contribution is 2.17. The molecule has 0 aliphatic heterocycles. The van der Waals surface area contributed by atoms with Crippen molar-refractivity contribution in [2.75, 3.05) is 6.54 Å². The summed E-state index contributed by atoms with van der Waals surface area (Å²) in [6.07, 6.45) is 5.75. The number of carbonyl (C=O) groups is 4. The molecule has 3 aromatic carbocycles. The lowest BCUT2D eigenvalue weighted by molar-refractivity contribution is -0.133. The number of imidazole rings is 1. The summed E-state index contributed by atoms with van der Waals surface area (Å²) in [5.41, 5.74) is 13.6. The number of primary amides is 1. The average Bonchev–Trinajstić information content (AvgIpc) is 3.57. The number of H-pyrrole nitrogens is 1. The van der Waals surface area contributed by atoms with Crippen molar-refractivity contribution in [2.24, 2.45) is 11.5 Å². The maximum absolute atomic E-state index is 13.9. The number of fused-ring (bicyclic) bond motifs is 1. The molecule has 0 aliphatic rings. The van der Waals surface area contributed by atoms with Crippen LogP contribution < -0.4 is 27.4 Å². The van der Waals surface area contributed by atoms with Crippen LogP contribution in [0.3, 0.4) is 0 Å². The monoisotopic (exact) mass is 611 g/mol. The number of rotatable bonds is 17. The van der Waals surface area contributed by atoms with Gasteiger partial charge in [-0.2, -0.15) is 0 Å². The number of hydrogen-bond acceptors (Lipinski definition) is 6. The van der Waals surface area contributed by atoms with E-state index in [2.05, 4.69) is 25.9 Å². The first-order chi connectivity index (χ1) is 21.8. The number of nitrogens with zero attached hydrogens (tertiary/aromatic N) is 1. The fourth-order valence-corrected chi connectivity index (χ4v) is 5.13. The Bertz CT molecular complexity index is 1560. The van der Waals surface area contributed by atoms with Gasteiger partial charge in [-0.15, -0.1) is 0 Å². The van der Waals surface area contributed by atoms with Crippen LogP contribution >= 0.6 is 0 Å². The Kier molecular flexibility index (Phi) is 12.2. The number of aryl methyl sites for hydroxylation is 1. The quantitative estimate of drug-likeness (QED) is 0.0992. The smallest absolute Gasteiger partial charge is 0.243 e. The molecule has 0 saturated heterocycles. The first-order valence-corrected chi connectivity index (χ1v) is 15.2. The van der Waals surface area contributed by atoms with Gasteiger partial charge in [-0.3, -0.25) is 19.2 Å². The first kappa shape index (κ1) is 32.9. The number of carbonyl (C=O) groups excluding carboxylic acids is 4. The fourth-order valence-electron chi connectivity index (χ4n) is 5.13. The van der Waals surface area contributed by atoms with E-state index in [-0.39, 0.29) is 25.2 Å². The summed E-state index contributed by atoms with van der Waals surface area (Å²) < 4.78 is 0. The fraction of sp³-hybridized carbons (Fsp3) is 0.324. The van der Waals surface area contributed by atoms with Crippen LogP contribution in [-0.2, 0) is 38.4 Å². The Labute approximate surface area is 262 Å². The zero-order chi connectivity index (χ0) is 32.0. The highest BCUT2D eigenvalue weighted by Gasteiger charge is 2.29. The van der Waals surface area contributed by atoms with E-state index >= 15 is 0 Å². The molecule has 0 radical (unpaired) electrons. The lowest BCUT2D eigenvalue weighted by atomic mass is 9.99. The summed E-state index contributed by atoms with van der Waals surface area (Å²) in [7, 11) is 0. The van der Waals surface area contributed by atoms with Gasteiger partial charge in [0.25, 0.3) is 0 Å². The van der Waals surface area contributed by atoms with Gasteiger partial charge in [0.2, 0.25) is 23.6 Å².